The summed E-state index contributed by atoms with van der Waals surface area (Å²) < 4.78 is 5.32. The molecule has 7 heteroatoms. The summed E-state index contributed by atoms with van der Waals surface area (Å²) in [6.45, 7) is 1.19. The molecule has 2 aromatic rings. The predicted molar refractivity (Wildman–Crippen MR) is 118 cm³/mol. The molecule has 0 aliphatic carbocycles. The van der Waals surface area contributed by atoms with Gasteiger partial charge in [-0.3, -0.25) is 14.4 Å². The lowest BCUT2D eigenvalue weighted by molar-refractivity contribution is -0.131. The van der Waals surface area contributed by atoms with Gasteiger partial charge in [0.1, 0.15) is 5.75 Å². The number of likely N-dealkylation sites (N-methyl/N-ethyl adjacent to an activating group) is 1. The predicted octanol–water partition coefficient (Wildman–Crippen LogP) is 2.12. The summed E-state index contributed by atoms with van der Waals surface area (Å²) in [6, 6.07) is 16.4. The van der Waals surface area contributed by atoms with Crippen molar-refractivity contribution in [2.24, 2.45) is 0 Å². The van der Waals surface area contributed by atoms with Crippen molar-refractivity contribution < 1.29 is 19.1 Å². The smallest absolute Gasteiger partial charge is 0.254 e. The van der Waals surface area contributed by atoms with Gasteiger partial charge in [0.05, 0.1) is 20.1 Å². The molecule has 1 aliphatic rings. The third kappa shape index (κ3) is 6.07. The molecule has 1 heterocycles. The molecule has 0 atom stereocenters. The van der Waals surface area contributed by atoms with E-state index in [1.807, 2.05) is 35.2 Å². The lowest BCUT2D eigenvalue weighted by atomic mass is 10.0. The fourth-order valence-electron chi connectivity index (χ4n) is 3.76. The quantitative estimate of drug-likeness (QED) is 0.740. The van der Waals surface area contributed by atoms with Gasteiger partial charge in [0.25, 0.3) is 5.91 Å². The van der Waals surface area contributed by atoms with Gasteiger partial charge >= 0.3 is 0 Å². The van der Waals surface area contributed by atoms with Gasteiger partial charge in [0.15, 0.2) is 0 Å². The van der Waals surface area contributed by atoms with Crippen molar-refractivity contribution in [1.29, 1.82) is 0 Å². The number of hydrogen-bond donors (Lipinski definition) is 1. The van der Waals surface area contributed by atoms with Crippen molar-refractivity contribution in [1.82, 2.24) is 15.1 Å². The summed E-state index contributed by atoms with van der Waals surface area (Å²) in [5.41, 5.74) is 1.43. The number of likely N-dealkylation sites (tertiary alicyclic amines) is 1. The molecule has 0 aromatic heterocycles. The van der Waals surface area contributed by atoms with E-state index in [1.54, 1.807) is 38.4 Å². The van der Waals surface area contributed by atoms with Crippen molar-refractivity contribution >= 4 is 17.7 Å². The van der Waals surface area contributed by atoms with E-state index < -0.39 is 0 Å². The standard InChI is InChI=1S/C24H29N3O4/c1-26(24(30)18-8-4-3-5-9-18)17-22(28)25-20-12-14-27(15-13-20)23(29)16-19-10-6-7-11-21(19)31-2/h3-11,20H,12-17H2,1-2H3,(H,25,28). The molecule has 2 aromatic carbocycles. The minimum absolute atomic E-state index is 0.000669. The van der Waals surface area contributed by atoms with Crippen molar-refractivity contribution in [2.75, 3.05) is 33.8 Å². The summed E-state index contributed by atoms with van der Waals surface area (Å²) in [5.74, 6) is 0.396. The van der Waals surface area contributed by atoms with Crippen LogP contribution in [0.1, 0.15) is 28.8 Å². The van der Waals surface area contributed by atoms with Crippen LogP contribution < -0.4 is 10.1 Å². The van der Waals surface area contributed by atoms with Crippen LogP contribution in [0.2, 0.25) is 0 Å². The molecule has 7 nitrogen and oxygen atoms in total. The molecule has 3 amide bonds. The van der Waals surface area contributed by atoms with Gasteiger partial charge in [0, 0.05) is 37.3 Å². The van der Waals surface area contributed by atoms with E-state index in [0.717, 1.165) is 5.56 Å². The Balaban J connectivity index is 1.43. The number of carbonyl (C=O) groups is 3. The van der Waals surface area contributed by atoms with Crippen LogP contribution in [0.15, 0.2) is 54.6 Å². The third-order valence-electron chi connectivity index (χ3n) is 5.50. The zero-order valence-electron chi connectivity index (χ0n) is 18.0. The second kappa shape index (κ2) is 10.6. The largest absolute Gasteiger partial charge is 0.496 e. The molecule has 1 N–H and O–H groups in total. The van der Waals surface area contributed by atoms with E-state index in [9.17, 15) is 14.4 Å². The first-order valence-electron chi connectivity index (χ1n) is 10.5. The monoisotopic (exact) mass is 423 g/mol. The minimum atomic E-state index is -0.189. The highest BCUT2D eigenvalue weighted by Gasteiger charge is 2.25. The zero-order valence-corrected chi connectivity index (χ0v) is 18.0. The molecule has 0 radical (unpaired) electrons. The number of para-hydroxylation sites is 1. The molecule has 1 fully saturated rings. The number of amides is 3. The van der Waals surface area contributed by atoms with E-state index in [0.29, 0.717) is 43.7 Å². The Labute approximate surface area is 183 Å². The summed E-state index contributed by atoms with van der Waals surface area (Å²) in [7, 11) is 3.22. The molecule has 0 unspecified atom stereocenters. The molecular weight excluding hydrogens is 394 g/mol. The van der Waals surface area contributed by atoms with Crippen LogP contribution in [0.5, 0.6) is 5.75 Å². The molecule has 31 heavy (non-hydrogen) atoms. The first-order valence-corrected chi connectivity index (χ1v) is 10.5. The van der Waals surface area contributed by atoms with E-state index in [4.69, 9.17) is 4.74 Å². The number of ether oxygens (including phenoxy) is 1. The molecule has 0 bridgehead atoms. The molecule has 0 saturated carbocycles. The van der Waals surface area contributed by atoms with Crippen molar-refractivity contribution in [3.63, 3.8) is 0 Å². The number of piperidine rings is 1. The topological polar surface area (TPSA) is 79.0 Å². The molecule has 0 spiro atoms. The third-order valence-corrected chi connectivity index (χ3v) is 5.50. The van der Waals surface area contributed by atoms with E-state index in [2.05, 4.69) is 5.32 Å². The molecule has 164 valence electrons. The number of methoxy groups -OCH3 is 1. The summed E-state index contributed by atoms with van der Waals surface area (Å²) >= 11 is 0. The second-order valence-electron chi connectivity index (χ2n) is 7.74. The summed E-state index contributed by atoms with van der Waals surface area (Å²) in [5, 5.41) is 2.99. The number of nitrogens with zero attached hydrogens (tertiary/aromatic N) is 2. The molecule has 1 saturated heterocycles. The Morgan fingerprint density at radius 3 is 2.35 bits per heavy atom. The van der Waals surface area contributed by atoms with Gasteiger partial charge in [0.2, 0.25) is 11.8 Å². The maximum Gasteiger partial charge on any atom is 0.254 e. The lowest BCUT2D eigenvalue weighted by Crippen LogP contribution is -2.49. The van der Waals surface area contributed by atoms with Crippen LogP contribution in [0.25, 0.3) is 0 Å². The fourth-order valence-corrected chi connectivity index (χ4v) is 3.76. The van der Waals surface area contributed by atoms with Gasteiger partial charge in [-0.15, -0.1) is 0 Å². The van der Waals surface area contributed by atoms with Gasteiger partial charge in [-0.1, -0.05) is 36.4 Å². The van der Waals surface area contributed by atoms with E-state index in [-0.39, 0.29) is 30.3 Å². The highest BCUT2D eigenvalue weighted by atomic mass is 16.5. The number of hydrogen-bond acceptors (Lipinski definition) is 4. The molecule has 1 aliphatic heterocycles. The number of carbonyl (C=O) groups excluding carboxylic acids is 3. The first kappa shape index (κ1) is 22.3. The van der Waals surface area contributed by atoms with Crippen molar-refractivity contribution in [3.05, 3.63) is 65.7 Å². The Bertz CT molecular complexity index is 908. The SMILES string of the molecule is COc1ccccc1CC(=O)N1CCC(NC(=O)CN(C)C(=O)c2ccccc2)CC1. The van der Waals surface area contributed by atoms with Crippen LogP contribution in [-0.2, 0) is 16.0 Å². The van der Waals surface area contributed by atoms with Crippen molar-refractivity contribution in [2.45, 2.75) is 25.3 Å². The maximum atomic E-state index is 12.7. The lowest BCUT2D eigenvalue weighted by Gasteiger charge is -2.33. The van der Waals surface area contributed by atoms with Crippen molar-refractivity contribution in [3.8, 4) is 5.75 Å². The van der Waals surface area contributed by atoms with Gasteiger partial charge in [-0.25, -0.2) is 0 Å². The van der Waals surface area contributed by atoms with Crippen LogP contribution in [-0.4, -0.2) is 67.4 Å². The van der Waals surface area contributed by atoms with Crippen LogP contribution >= 0.6 is 0 Å². The zero-order chi connectivity index (χ0) is 22.2. The molecule has 3 rings (SSSR count). The van der Waals surface area contributed by atoms with E-state index >= 15 is 0 Å². The Morgan fingerprint density at radius 2 is 1.68 bits per heavy atom. The number of benzene rings is 2. The fraction of sp³-hybridized carbons (Fsp3) is 0.375. The molecular formula is C24H29N3O4. The first-order chi connectivity index (χ1) is 15.0. The summed E-state index contributed by atoms with van der Waals surface area (Å²) in [4.78, 5) is 40.7. The van der Waals surface area contributed by atoms with E-state index in [1.165, 1.54) is 4.90 Å². The number of nitrogens with one attached hydrogen (secondary N) is 1. The average molecular weight is 424 g/mol. The Morgan fingerprint density at radius 1 is 1.03 bits per heavy atom. The van der Waals surface area contributed by atoms with Crippen LogP contribution in [0.3, 0.4) is 0 Å². The Hall–Kier alpha value is -3.35. The minimum Gasteiger partial charge on any atom is -0.496 e. The summed E-state index contributed by atoms with van der Waals surface area (Å²) in [6.07, 6.45) is 1.69. The highest BCUT2D eigenvalue weighted by Crippen LogP contribution is 2.20. The van der Waals surface area contributed by atoms with Crippen LogP contribution in [0.4, 0.5) is 0 Å². The number of rotatable bonds is 7. The van der Waals surface area contributed by atoms with Crippen LogP contribution in [0, 0.1) is 0 Å². The average Bonchev–Trinajstić information content (AvgIpc) is 2.79. The highest BCUT2D eigenvalue weighted by molar-refractivity contribution is 5.96. The Kier molecular flexibility index (Phi) is 7.65. The second-order valence-corrected chi connectivity index (χ2v) is 7.74. The maximum absolute atomic E-state index is 12.7. The van der Waals surface area contributed by atoms with Gasteiger partial charge < -0.3 is 19.9 Å². The normalized spacial score (nSPS) is 14.1. The van der Waals surface area contributed by atoms with Gasteiger partial charge in [-0.05, 0) is 31.0 Å². The van der Waals surface area contributed by atoms with Gasteiger partial charge in [-0.2, -0.15) is 0 Å².